The number of nitrogens with two attached hydrogens (primary N) is 2. The SMILES string of the molecule is CC(N=C(N)NN)c1ccc(Cl)cc1. The summed E-state index contributed by atoms with van der Waals surface area (Å²) in [5, 5.41) is 0.704. The van der Waals surface area contributed by atoms with Crippen LogP contribution >= 0.6 is 11.6 Å². The van der Waals surface area contributed by atoms with Crippen LogP contribution in [0.2, 0.25) is 5.02 Å². The number of hydrogen-bond donors (Lipinski definition) is 3. The average Bonchev–Trinajstić information content (AvgIpc) is 2.18. The lowest BCUT2D eigenvalue weighted by Crippen LogP contribution is -2.37. The first-order valence-corrected chi connectivity index (χ1v) is 4.56. The molecule has 0 saturated carbocycles. The van der Waals surface area contributed by atoms with Crippen LogP contribution in [0.15, 0.2) is 29.3 Å². The van der Waals surface area contributed by atoms with Gasteiger partial charge >= 0.3 is 0 Å². The third-order valence-electron chi connectivity index (χ3n) is 1.83. The Kier molecular flexibility index (Phi) is 3.73. The molecule has 1 aromatic carbocycles. The molecule has 1 atom stereocenters. The van der Waals surface area contributed by atoms with E-state index >= 15 is 0 Å². The number of nitrogens with zero attached hydrogens (tertiary/aromatic N) is 1. The van der Waals surface area contributed by atoms with Crippen molar-refractivity contribution < 1.29 is 0 Å². The molecule has 0 radical (unpaired) electrons. The fourth-order valence-corrected chi connectivity index (χ4v) is 1.19. The van der Waals surface area contributed by atoms with Crippen molar-refractivity contribution >= 4 is 17.6 Å². The van der Waals surface area contributed by atoms with Crippen LogP contribution in [0.4, 0.5) is 0 Å². The molecule has 5 heteroatoms. The Morgan fingerprint density at radius 3 is 2.50 bits per heavy atom. The predicted octanol–water partition coefficient (Wildman–Crippen LogP) is 1.18. The smallest absolute Gasteiger partial charge is 0.203 e. The van der Waals surface area contributed by atoms with Gasteiger partial charge in [-0.15, -0.1) is 0 Å². The third kappa shape index (κ3) is 2.90. The van der Waals surface area contributed by atoms with Crippen molar-refractivity contribution in [2.75, 3.05) is 0 Å². The molecule has 0 bridgehead atoms. The van der Waals surface area contributed by atoms with Gasteiger partial charge in [-0.1, -0.05) is 23.7 Å². The molecule has 0 heterocycles. The second-order valence-corrected chi connectivity index (χ2v) is 3.32. The van der Waals surface area contributed by atoms with Crippen LogP contribution in [0.3, 0.4) is 0 Å². The zero-order valence-corrected chi connectivity index (χ0v) is 8.62. The van der Waals surface area contributed by atoms with E-state index in [1.807, 2.05) is 31.2 Å². The zero-order chi connectivity index (χ0) is 10.6. The summed E-state index contributed by atoms with van der Waals surface area (Å²) in [7, 11) is 0. The molecule has 0 aromatic heterocycles. The molecule has 0 spiro atoms. The van der Waals surface area contributed by atoms with Crippen molar-refractivity contribution in [3.63, 3.8) is 0 Å². The van der Waals surface area contributed by atoms with Crippen molar-refractivity contribution in [1.29, 1.82) is 0 Å². The molecule has 1 unspecified atom stereocenters. The van der Waals surface area contributed by atoms with E-state index in [2.05, 4.69) is 10.4 Å². The maximum Gasteiger partial charge on any atom is 0.203 e. The lowest BCUT2D eigenvalue weighted by atomic mass is 10.1. The molecule has 0 amide bonds. The summed E-state index contributed by atoms with van der Waals surface area (Å²) in [5.74, 6) is 5.31. The van der Waals surface area contributed by atoms with Crippen LogP contribution in [-0.2, 0) is 0 Å². The molecule has 76 valence electrons. The Bertz CT molecular complexity index is 320. The fourth-order valence-electron chi connectivity index (χ4n) is 1.06. The number of benzene rings is 1. The highest BCUT2D eigenvalue weighted by atomic mass is 35.5. The van der Waals surface area contributed by atoms with E-state index in [1.165, 1.54) is 0 Å². The predicted molar refractivity (Wildman–Crippen MR) is 58.8 cm³/mol. The van der Waals surface area contributed by atoms with Crippen molar-refractivity contribution in [1.82, 2.24) is 5.43 Å². The summed E-state index contributed by atoms with van der Waals surface area (Å²) < 4.78 is 0. The molecule has 1 rings (SSSR count). The first-order valence-electron chi connectivity index (χ1n) is 4.19. The number of guanidine groups is 1. The standard InChI is InChI=1S/C9H13ClN4/c1-6(13-9(11)14-12)7-2-4-8(10)5-3-7/h2-6H,12H2,1H3,(H3,11,13,14). The van der Waals surface area contributed by atoms with E-state index in [4.69, 9.17) is 23.2 Å². The van der Waals surface area contributed by atoms with E-state index in [0.29, 0.717) is 5.02 Å². The molecule has 0 aliphatic carbocycles. The normalized spacial score (nSPS) is 13.8. The Labute approximate surface area is 87.9 Å². The summed E-state index contributed by atoms with van der Waals surface area (Å²) in [6.07, 6.45) is 0. The topological polar surface area (TPSA) is 76.4 Å². The van der Waals surface area contributed by atoms with E-state index in [1.54, 1.807) is 0 Å². The Morgan fingerprint density at radius 1 is 1.43 bits per heavy atom. The highest BCUT2D eigenvalue weighted by Crippen LogP contribution is 2.18. The number of nitrogens with one attached hydrogen (secondary N) is 1. The molecule has 5 N–H and O–H groups in total. The minimum Gasteiger partial charge on any atom is -0.369 e. The molecular formula is C9H13ClN4. The second kappa shape index (κ2) is 4.83. The van der Waals surface area contributed by atoms with E-state index in [0.717, 1.165) is 5.56 Å². The summed E-state index contributed by atoms with van der Waals surface area (Å²) in [6.45, 7) is 1.92. The van der Waals surface area contributed by atoms with E-state index < -0.39 is 0 Å². The zero-order valence-electron chi connectivity index (χ0n) is 7.87. The van der Waals surface area contributed by atoms with Gasteiger partial charge in [-0.25, -0.2) is 10.8 Å². The van der Waals surface area contributed by atoms with Gasteiger partial charge in [-0.2, -0.15) is 0 Å². The molecule has 0 saturated heterocycles. The van der Waals surface area contributed by atoms with E-state index in [9.17, 15) is 0 Å². The minimum absolute atomic E-state index is 0.0386. The maximum atomic E-state index is 5.76. The average molecular weight is 213 g/mol. The van der Waals surface area contributed by atoms with Crippen LogP contribution in [0.1, 0.15) is 18.5 Å². The summed E-state index contributed by atoms with van der Waals surface area (Å²) in [5.41, 5.74) is 8.74. The molecular weight excluding hydrogens is 200 g/mol. The Hall–Kier alpha value is -1.26. The lowest BCUT2D eigenvalue weighted by molar-refractivity contribution is 0.801. The monoisotopic (exact) mass is 212 g/mol. The van der Waals surface area contributed by atoms with Gasteiger partial charge in [0.25, 0.3) is 0 Å². The summed E-state index contributed by atoms with van der Waals surface area (Å²) in [6, 6.07) is 7.40. The van der Waals surface area contributed by atoms with Crippen molar-refractivity contribution in [2.45, 2.75) is 13.0 Å². The molecule has 4 nitrogen and oxygen atoms in total. The highest BCUT2D eigenvalue weighted by Gasteiger charge is 2.03. The van der Waals surface area contributed by atoms with Gasteiger partial charge < -0.3 is 5.73 Å². The van der Waals surface area contributed by atoms with Crippen LogP contribution in [0.25, 0.3) is 0 Å². The third-order valence-corrected chi connectivity index (χ3v) is 2.09. The van der Waals surface area contributed by atoms with Gasteiger partial charge in [0.1, 0.15) is 0 Å². The van der Waals surface area contributed by atoms with Crippen molar-refractivity contribution in [3.8, 4) is 0 Å². The number of hydrogen-bond acceptors (Lipinski definition) is 2. The molecule has 0 aliphatic heterocycles. The summed E-state index contributed by atoms with van der Waals surface area (Å²) >= 11 is 5.76. The largest absolute Gasteiger partial charge is 0.369 e. The van der Waals surface area contributed by atoms with Gasteiger partial charge in [0.2, 0.25) is 5.96 Å². The van der Waals surface area contributed by atoms with Crippen molar-refractivity contribution in [2.24, 2.45) is 16.6 Å². The quantitative estimate of drug-likeness (QED) is 0.298. The Balaban J connectivity index is 2.79. The fraction of sp³-hybridized carbons (Fsp3) is 0.222. The van der Waals surface area contributed by atoms with Crippen LogP contribution in [-0.4, -0.2) is 5.96 Å². The van der Waals surface area contributed by atoms with Crippen LogP contribution in [0.5, 0.6) is 0 Å². The molecule has 14 heavy (non-hydrogen) atoms. The molecule has 1 aromatic rings. The lowest BCUT2D eigenvalue weighted by Gasteiger charge is -2.08. The van der Waals surface area contributed by atoms with Gasteiger partial charge in [0.05, 0.1) is 6.04 Å². The van der Waals surface area contributed by atoms with Gasteiger partial charge in [0.15, 0.2) is 0 Å². The molecule has 0 aliphatic rings. The van der Waals surface area contributed by atoms with E-state index in [-0.39, 0.29) is 12.0 Å². The Morgan fingerprint density at radius 2 is 2.00 bits per heavy atom. The van der Waals surface area contributed by atoms with Gasteiger partial charge in [-0.3, -0.25) is 5.43 Å². The highest BCUT2D eigenvalue weighted by molar-refractivity contribution is 6.30. The number of hydrazine groups is 1. The van der Waals surface area contributed by atoms with Crippen molar-refractivity contribution in [3.05, 3.63) is 34.9 Å². The first-order chi connectivity index (χ1) is 6.63. The first kappa shape index (κ1) is 10.8. The number of aliphatic imine (C=N–C) groups is 1. The second-order valence-electron chi connectivity index (χ2n) is 2.89. The van der Waals surface area contributed by atoms with Crippen LogP contribution in [0, 0.1) is 0 Å². The van der Waals surface area contributed by atoms with Crippen LogP contribution < -0.4 is 17.0 Å². The minimum atomic E-state index is -0.0386. The number of rotatable bonds is 2. The van der Waals surface area contributed by atoms with Gasteiger partial charge in [0, 0.05) is 5.02 Å². The van der Waals surface area contributed by atoms with Gasteiger partial charge in [-0.05, 0) is 24.6 Å². The maximum absolute atomic E-state index is 5.76. The number of halogens is 1. The molecule has 0 fully saturated rings. The summed E-state index contributed by atoms with van der Waals surface area (Å²) in [4.78, 5) is 4.11.